The van der Waals surface area contributed by atoms with E-state index in [1.54, 1.807) is 36.4 Å². The van der Waals surface area contributed by atoms with Gasteiger partial charge in [-0.3, -0.25) is 9.10 Å². The van der Waals surface area contributed by atoms with E-state index in [2.05, 4.69) is 0 Å². The van der Waals surface area contributed by atoms with Crippen LogP contribution in [0.1, 0.15) is 24.2 Å². The summed E-state index contributed by atoms with van der Waals surface area (Å²) in [6.07, 6.45) is -0.254. The van der Waals surface area contributed by atoms with Crippen molar-refractivity contribution in [1.29, 1.82) is 0 Å². The molecule has 0 saturated heterocycles. The van der Waals surface area contributed by atoms with E-state index >= 15 is 0 Å². The summed E-state index contributed by atoms with van der Waals surface area (Å²) < 4.78 is 33.1. The van der Waals surface area contributed by atoms with Gasteiger partial charge in [0.1, 0.15) is 11.9 Å². The molecule has 0 bridgehead atoms. The minimum atomic E-state index is -3.76. The Kier molecular flexibility index (Phi) is 3.85. The van der Waals surface area contributed by atoms with E-state index in [0.717, 1.165) is 0 Å². The third-order valence-electron chi connectivity index (χ3n) is 3.71. The molecule has 0 saturated carbocycles. The Morgan fingerprint density at radius 2 is 1.91 bits per heavy atom. The van der Waals surface area contributed by atoms with E-state index in [0.29, 0.717) is 17.0 Å². The third kappa shape index (κ3) is 2.82. The van der Waals surface area contributed by atoms with Gasteiger partial charge in [0.15, 0.2) is 5.78 Å². The molecule has 1 aliphatic rings. The average Bonchev–Trinajstić information content (AvgIpc) is 2.54. The lowest BCUT2D eigenvalue weighted by atomic mass is 10.2. The molecular formula is C17H17NO4S. The molecule has 0 aromatic heterocycles. The van der Waals surface area contributed by atoms with Gasteiger partial charge in [-0.1, -0.05) is 24.3 Å². The molecule has 1 unspecified atom stereocenters. The topological polar surface area (TPSA) is 63.7 Å². The largest absolute Gasteiger partial charge is 0.487 e. The number of carbonyl (C=O) groups is 1. The number of Topliss-reactive ketones (excluding diaryl/α,β-unsaturated/α-hetero) is 1. The normalized spacial score (nSPS) is 17.3. The first-order valence-corrected chi connectivity index (χ1v) is 8.73. The molecule has 0 radical (unpaired) electrons. The van der Waals surface area contributed by atoms with E-state index in [1.165, 1.54) is 23.4 Å². The number of nitrogens with zero attached hydrogens (tertiary/aromatic N) is 1. The highest BCUT2D eigenvalue weighted by Gasteiger charge is 2.32. The molecule has 1 atom stereocenters. The Morgan fingerprint density at radius 1 is 1.17 bits per heavy atom. The molecule has 2 aromatic carbocycles. The number of benzene rings is 2. The van der Waals surface area contributed by atoms with Gasteiger partial charge in [0, 0.05) is 5.56 Å². The van der Waals surface area contributed by atoms with Gasteiger partial charge in [0.05, 0.1) is 17.1 Å². The van der Waals surface area contributed by atoms with Crippen molar-refractivity contribution in [3.8, 4) is 5.75 Å². The van der Waals surface area contributed by atoms with Crippen LogP contribution in [0.2, 0.25) is 0 Å². The van der Waals surface area contributed by atoms with Crippen molar-refractivity contribution >= 4 is 21.5 Å². The summed E-state index contributed by atoms with van der Waals surface area (Å²) in [4.78, 5) is 11.6. The van der Waals surface area contributed by atoms with E-state index < -0.39 is 10.0 Å². The Hall–Kier alpha value is -2.34. The van der Waals surface area contributed by atoms with Crippen LogP contribution in [0.25, 0.3) is 0 Å². The van der Waals surface area contributed by atoms with Gasteiger partial charge in [-0.25, -0.2) is 8.42 Å². The van der Waals surface area contributed by atoms with Crippen LogP contribution in [-0.4, -0.2) is 26.8 Å². The maximum absolute atomic E-state index is 13.0. The summed E-state index contributed by atoms with van der Waals surface area (Å²) in [5.74, 6) is 0.371. The van der Waals surface area contributed by atoms with Crippen molar-refractivity contribution in [3.63, 3.8) is 0 Å². The standard InChI is InChI=1S/C17H17NO4S/c1-12-11-18(16-8-3-4-9-17(16)22-12)23(20,21)15-7-5-6-14(10-15)13(2)19/h3-10,12H,11H2,1-2H3. The summed E-state index contributed by atoms with van der Waals surface area (Å²) >= 11 is 0. The quantitative estimate of drug-likeness (QED) is 0.811. The molecule has 0 fully saturated rings. The first kappa shape index (κ1) is 15.6. The number of carbonyl (C=O) groups excluding carboxylic acids is 1. The summed E-state index contributed by atoms with van der Waals surface area (Å²) in [6.45, 7) is 3.46. The molecule has 0 spiro atoms. The zero-order valence-electron chi connectivity index (χ0n) is 12.9. The van der Waals surface area contributed by atoms with Gasteiger partial charge in [-0.15, -0.1) is 0 Å². The summed E-state index contributed by atoms with van der Waals surface area (Å²) in [7, 11) is -3.76. The SMILES string of the molecule is CC(=O)c1cccc(S(=O)(=O)N2CC(C)Oc3ccccc32)c1. The number of hydrogen-bond acceptors (Lipinski definition) is 4. The van der Waals surface area contributed by atoms with Gasteiger partial charge in [-0.2, -0.15) is 0 Å². The van der Waals surface area contributed by atoms with Crippen LogP contribution in [0, 0.1) is 0 Å². The molecule has 2 aromatic rings. The molecule has 1 heterocycles. The van der Waals surface area contributed by atoms with Crippen LogP contribution < -0.4 is 9.04 Å². The zero-order valence-corrected chi connectivity index (χ0v) is 13.7. The van der Waals surface area contributed by atoms with Crippen LogP contribution in [0.3, 0.4) is 0 Å². The fraction of sp³-hybridized carbons (Fsp3) is 0.235. The van der Waals surface area contributed by atoms with E-state index in [4.69, 9.17) is 4.74 Å². The lowest BCUT2D eigenvalue weighted by molar-refractivity contribution is 0.101. The molecule has 0 aliphatic carbocycles. The van der Waals surface area contributed by atoms with Gasteiger partial charge >= 0.3 is 0 Å². The van der Waals surface area contributed by atoms with Crippen molar-refractivity contribution in [1.82, 2.24) is 0 Å². The Bertz CT molecular complexity index is 860. The van der Waals surface area contributed by atoms with Crippen molar-refractivity contribution in [2.45, 2.75) is 24.8 Å². The van der Waals surface area contributed by atoms with E-state index in [1.807, 2.05) is 6.92 Å². The number of anilines is 1. The van der Waals surface area contributed by atoms with Gasteiger partial charge in [-0.05, 0) is 38.1 Å². The lowest BCUT2D eigenvalue weighted by Crippen LogP contribution is -2.42. The highest BCUT2D eigenvalue weighted by atomic mass is 32.2. The van der Waals surface area contributed by atoms with Crippen LogP contribution in [0.4, 0.5) is 5.69 Å². The molecule has 3 rings (SSSR count). The number of ketones is 1. The van der Waals surface area contributed by atoms with Crippen LogP contribution in [0.5, 0.6) is 5.75 Å². The molecule has 6 heteroatoms. The Morgan fingerprint density at radius 3 is 2.65 bits per heavy atom. The number of hydrogen-bond donors (Lipinski definition) is 0. The predicted octanol–water partition coefficient (Wildman–Crippen LogP) is 2.87. The summed E-state index contributed by atoms with van der Waals surface area (Å²) in [5.41, 5.74) is 0.888. The monoisotopic (exact) mass is 331 g/mol. The Labute approximate surface area is 135 Å². The van der Waals surface area contributed by atoms with Gasteiger partial charge in [0.25, 0.3) is 10.0 Å². The minimum absolute atomic E-state index is 0.106. The van der Waals surface area contributed by atoms with Gasteiger partial charge < -0.3 is 4.74 Å². The minimum Gasteiger partial charge on any atom is -0.487 e. The van der Waals surface area contributed by atoms with Crippen molar-refractivity contribution in [3.05, 3.63) is 54.1 Å². The second kappa shape index (κ2) is 5.70. The van der Waals surface area contributed by atoms with Crippen LogP contribution >= 0.6 is 0 Å². The summed E-state index contributed by atoms with van der Waals surface area (Å²) in [5, 5.41) is 0. The molecule has 23 heavy (non-hydrogen) atoms. The molecule has 1 aliphatic heterocycles. The van der Waals surface area contributed by atoms with Crippen molar-refractivity contribution in [2.75, 3.05) is 10.8 Å². The molecule has 0 amide bonds. The van der Waals surface area contributed by atoms with E-state index in [9.17, 15) is 13.2 Å². The second-order valence-electron chi connectivity index (χ2n) is 5.52. The summed E-state index contributed by atoms with van der Waals surface area (Å²) in [6, 6.07) is 13.2. The maximum atomic E-state index is 13.0. The number of fused-ring (bicyclic) bond motifs is 1. The highest BCUT2D eigenvalue weighted by molar-refractivity contribution is 7.92. The molecule has 120 valence electrons. The number of para-hydroxylation sites is 2. The van der Waals surface area contributed by atoms with Crippen molar-refractivity contribution in [2.24, 2.45) is 0 Å². The number of rotatable bonds is 3. The van der Waals surface area contributed by atoms with E-state index in [-0.39, 0.29) is 23.3 Å². The lowest BCUT2D eigenvalue weighted by Gasteiger charge is -2.34. The maximum Gasteiger partial charge on any atom is 0.264 e. The van der Waals surface area contributed by atoms with Gasteiger partial charge in [0.2, 0.25) is 0 Å². The third-order valence-corrected chi connectivity index (χ3v) is 5.49. The predicted molar refractivity (Wildman–Crippen MR) is 87.5 cm³/mol. The molecule has 0 N–H and O–H groups in total. The number of sulfonamides is 1. The second-order valence-corrected chi connectivity index (χ2v) is 7.38. The number of ether oxygens (including phenoxy) is 1. The smallest absolute Gasteiger partial charge is 0.264 e. The van der Waals surface area contributed by atoms with Crippen molar-refractivity contribution < 1.29 is 17.9 Å². The fourth-order valence-corrected chi connectivity index (χ4v) is 4.18. The van der Waals surface area contributed by atoms with Crippen LogP contribution in [0.15, 0.2) is 53.4 Å². The zero-order chi connectivity index (χ0) is 16.6. The van der Waals surface area contributed by atoms with Crippen LogP contribution in [-0.2, 0) is 10.0 Å². The Balaban J connectivity index is 2.10. The highest BCUT2D eigenvalue weighted by Crippen LogP contribution is 2.36. The average molecular weight is 331 g/mol. The first-order valence-electron chi connectivity index (χ1n) is 7.29. The fourth-order valence-electron chi connectivity index (χ4n) is 2.58. The molecular weight excluding hydrogens is 314 g/mol. The molecule has 5 nitrogen and oxygen atoms in total. The first-order chi connectivity index (χ1) is 10.9.